The molecule has 3 atom stereocenters. The SMILES string of the molecule is COC(=O)[C@@H]1[C@H](c2cc(OC)c3nccnc3c2)c2cc3c(cc2C2=NOC[C@@H]21)OCO3. The van der Waals surface area contributed by atoms with Gasteiger partial charge < -0.3 is 23.8 Å². The number of ether oxygens (including phenoxy) is 4. The maximum Gasteiger partial charge on any atom is 0.310 e. The number of carbonyl (C=O) groups excluding carboxylic acids is 1. The Labute approximate surface area is 182 Å². The summed E-state index contributed by atoms with van der Waals surface area (Å²) in [6.45, 7) is 0.444. The van der Waals surface area contributed by atoms with Crippen LogP contribution in [-0.2, 0) is 14.4 Å². The van der Waals surface area contributed by atoms with Gasteiger partial charge in [-0.25, -0.2) is 4.98 Å². The van der Waals surface area contributed by atoms with Crippen LogP contribution in [0, 0.1) is 11.8 Å². The lowest BCUT2D eigenvalue weighted by atomic mass is 9.65. The molecule has 9 nitrogen and oxygen atoms in total. The van der Waals surface area contributed by atoms with E-state index in [-0.39, 0.29) is 24.6 Å². The van der Waals surface area contributed by atoms with Crippen molar-refractivity contribution >= 4 is 22.7 Å². The van der Waals surface area contributed by atoms with Gasteiger partial charge in [0.25, 0.3) is 0 Å². The van der Waals surface area contributed by atoms with Crippen LogP contribution in [0.15, 0.2) is 41.8 Å². The Bertz CT molecular complexity index is 1290. The summed E-state index contributed by atoms with van der Waals surface area (Å²) in [7, 11) is 2.99. The highest BCUT2D eigenvalue weighted by molar-refractivity contribution is 6.08. The maximum absolute atomic E-state index is 13.1. The molecule has 0 bridgehead atoms. The fourth-order valence-electron chi connectivity index (χ4n) is 4.94. The standard InChI is InChI=1S/C23H19N3O6/c1-28-18-6-11(5-15-22(18)25-4-3-24-15)19-12-7-16-17(31-10-30-16)8-13(12)21-14(9-32-26-21)20(19)23(27)29-2/h3-8,14,19-20H,9-10H2,1-2H3/t14-,19-,20+/m1/s1. The van der Waals surface area contributed by atoms with Crippen LogP contribution in [0.1, 0.15) is 22.6 Å². The number of benzene rings is 2. The molecule has 0 fully saturated rings. The van der Waals surface area contributed by atoms with Gasteiger partial charge in [0.05, 0.1) is 37.3 Å². The predicted octanol–water partition coefficient (Wildman–Crippen LogP) is 2.65. The molecular formula is C23H19N3O6. The molecule has 0 spiro atoms. The second-order valence-corrected chi connectivity index (χ2v) is 7.85. The molecular weight excluding hydrogens is 414 g/mol. The molecule has 1 aromatic heterocycles. The predicted molar refractivity (Wildman–Crippen MR) is 112 cm³/mol. The van der Waals surface area contributed by atoms with Crippen LogP contribution >= 0.6 is 0 Å². The van der Waals surface area contributed by atoms with Crippen LogP contribution in [0.4, 0.5) is 0 Å². The Hall–Kier alpha value is -3.88. The normalized spacial score (nSPS) is 22.6. The van der Waals surface area contributed by atoms with Crippen LogP contribution < -0.4 is 14.2 Å². The van der Waals surface area contributed by atoms with E-state index in [1.54, 1.807) is 19.5 Å². The molecule has 0 N–H and O–H groups in total. The first-order valence-electron chi connectivity index (χ1n) is 10.2. The number of carbonyl (C=O) groups is 1. The first-order chi connectivity index (χ1) is 15.7. The molecule has 2 aliphatic heterocycles. The van der Waals surface area contributed by atoms with Crippen molar-refractivity contribution in [3.8, 4) is 17.2 Å². The number of rotatable bonds is 3. The first-order valence-corrected chi connectivity index (χ1v) is 10.2. The molecule has 9 heteroatoms. The Morgan fingerprint density at radius 3 is 2.69 bits per heavy atom. The van der Waals surface area contributed by atoms with E-state index < -0.39 is 5.92 Å². The van der Waals surface area contributed by atoms with E-state index in [2.05, 4.69) is 15.1 Å². The monoisotopic (exact) mass is 433 g/mol. The second kappa shape index (κ2) is 7.08. The van der Waals surface area contributed by atoms with Crippen molar-refractivity contribution < 1.29 is 28.6 Å². The Morgan fingerprint density at radius 2 is 1.88 bits per heavy atom. The molecule has 3 heterocycles. The number of aromatic nitrogens is 2. The second-order valence-electron chi connectivity index (χ2n) is 7.85. The smallest absolute Gasteiger partial charge is 0.310 e. The lowest BCUT2D eigenvalue weighted by Crippen LogP contribution is -2.40. The molecule has 0 radical (unpaired) electrons. The fourth-order valence-corrected chi connectivity index (χ4v) is 4.94. The molecule has 1 aliphatic carbocycles. The summed E-state index contributed by atoms with van der Waals surface area (Å²) >= 11 is 0. The van der Waals surface area contributed by atoms with Crippen molar-refractivity contribution in [3.05, 3.63) is 53.3 Å². The molecule has 0 amide bonds. The van der Waals surface area contributed by atoms with Gasteiger partial charge in [-0.15, -0.1) is 0 Å². The van der Waals surface area contributed by atoms with Crippen LogP contribution in [0.3, 0.4) is 0 Å². The minimum absolute atomic E-state index is 0.148. The molecule has 6 rings (SSSR count). The number of hydrogen-bond donors (Lipinski definition) is 0. The summed E-state index contributed by atoms with van der Waals surface area (Å²) in [5.74, 6) is 0.352. The van der Waals surface area contributed by atoms with Crippen molar-refractivity contribution in [2.24, 2.45) is 17.0 Å². The lowest BCUT2D eigenvalue weighted by molar-refractivity contribution is -0.147. The molecule has 3 aliphatic rings. The van der Waals surface area contributed by atoms with E-state index in [4.69, 9.17) is 23.8 Å². The Morgan fingerprint density at radius 1 is 1.06 bits per heavy atom. The van der Waals surface area contributed by atoms with Crippen LogP contribution in [0.25, 0.3) is 11.0 Å². The highest BCUT2D eigenvalue weighted by Crippen LogP contribution is 2.50. The minimum atomic E-state index is -0.548. The topological polar surface area (TPSA) is 101 Å². The van der Waals surface area contributed by atoms with Gasteiger partial charge in [0.2, 0.25) is 6.79 Å². The Kier molecular flexibility index (Phi) is 4.17. The molecule has 0 saturated carbocycles. The average molecular weight is 433 g/mol. The number of methoxy groups -OCH3 is 2. The maximum atomic E-state index is 13.1. The van der Waals surface area contributed by atoms with Crippen molar-refractivity contribution in [2.75, 3.05) is 27.6 Å². The average Bonchev–Trinajstić information content (AvgIpc) is 3.50. The van der Waals surface area contributed by atoms with E-state index in [1.165, 1.54) is 7.11 Å². The van der Waals surface area contributed by atoms with Crippen molar-refractivity contribution in [3.63, 3.8) is 0 Å². The number of nitrogens with zero attached hydrogens (tertiary/aromatic N) is 3. The van der Waals surface area contributed by atoms with Crippen molar-refractivity contribution in [2.45, 2.75) is 5.92 Å². The quantitative estimate of drug-likeness (QED) is 0.581. The number of oxime groups is 1. The van der Waals surface area contributed by atoms with Crippen molar-refractivity contribution in [1.82, 2.24) is 9.97 Å². The van der Waals surface area contributed by atoms with Crippen molar-refractivity contribution in [1.29, 1.82) is 0 Å². The van der Waals surface area contributed by atoms with E-state index >= 15 is 0 Å². The van der Waals surface area contributed by atoms with Gasteiger partial charge in [0.15, 0.2) is 11.5 Å². The zero-order chi connectivity index (χ0) is 21.8. The van der Waals surface area contributed by atoms with Gasteiger partial charge in [-0.05, 0) is 35.4 Å². The summed E-state index contributed by atoms with van der Waals surface area (Å²) in [4.78, 5) is 27.4. The highest BCUT2D eigenvalue weighted by atomic mass is 16.7. The molecule has 3 aromatic rings. The first kappa shape index (κ1) is 18.9. The van der Waals surface area contributed by atoms with Gasteiger partial charge in [0, 0.05) is 23.9 Å². The van der Waals surface area contributed by atoms with Gasteiger partial charge in [-0.3, -0.25) is 9.78 Å². The lowest BCUT2D eigenvalue weighted by Gasteiger charge is -2.36. The van der Waals surface area contributed by atoms with Crippen LogP contribution in [0.5, 0.6) is 17.2 Å². The largest absolute Gasteiger partial charge is 0.494 e. The van der Waals surface area contributed by atoms with Gasteiger partial charge in [-0.2, -0.15) is 0 Å². The minimum Gasteiger partial charge on any atom is -0.494 e. The van der Waals surface area contributed by atoms with Crippen LogP contribution in [-0.4, -0.2) is 49.3 Å². The van der Waals surface area contributed by atoms with Gasteiger partial charge >= 0.3 is 5.97 Å². The zero-order valence-corrected chi connectivity index (χ0v) is 17.4. The third-order valence-electron chi connectivity index (χ3n) is 6.33. The number of esters is 1. The Balaban J connectivity index is 1.63. The summed E-state index contributed by atoms with van der Waals surface area (Å²) in [5.41, 5.74) is 4.67. The molecule has 32 heavy (non-hydrogen) atoms. The van der Waals surface area contributed by atoms with Gasteiger partial charge in [-0.1, -0.05) is 5.16 Å². The van der Waals surface area contributed by atoms with E-state index in [1.807, 2.05) is 24.3 Å². The van der Waals surface area contributed by atoms with Gasteiger partial charge in [0.1, 0.15) is 17.9 Å². The highest BCUT2D eigenvalue weighted by Gasteiger charge is 2.49. The van der Waals surface area contributed by atoms with E-state index in [0.29, 0.717) is 34.9 Å². The number of fused-ring (bicyclic) bond motifs is 5. The fraction of sp³-hybridized carbons (Fsp3) is 0.304. The van der Waals surface area contributed by atoms with E-state index in [9.17, 15) is 4.79 Å². The van der Waals surface area contributed by atoms with E-state index in [0.717, 1.165) is 22.4 Å². The van der Waals surface area contributed by atoms with Crippen LogP contribution in [0.2, 0.25) is 0 Å². The third-order valence-corrected chi connectivity index (χ3v) is 6.33. The molecule has 162 valence electrons. The molecule has 0 unspecified atom stereocenters. The third kappa shape index (κ3) is 2.63. The summed E-state index contributed by atoms with van der Waals surface area (Å²) in [6.07, 6.45) is 3.25. The molecule has 0 saturated heterocycles. The summed E-state index contributed by atoms with van der Waals surface area (Å²) in [5, 5.41) is 4.27. The zero-order valence-electron chi connectivity index (χ0n) is 17.4. The number of hydrogen-bond acceptors (Lipinski definition) is 9. The molecule has 2 aromatic carbocycles. The summed E-state index contributed by atoms with van der Waals surface area (Å²) < 4.78 is 22.1. The summed E-state index contributed by atoms with van der Waals surface area (Å²) in [6, 6.07) is 7.68.